The second kappa shape index (κ2) is 7.65. The Balaban J connectivity index is 1.59. The van der Waals surface area contributed by atoms with Crippen LogP contribution in [-0.4, -0.2) is 43.1 Å². The van der Waals surface area contributed by atoms with Gasteiger partial charge in [-0.25, -0.2) is 8.42 Å². The SMILES string of the molecule is COc1ccc(C)cc1S(=O)(=O)N1CCCC(c2nnc(-c3ccsc3)o2)C1. The molecule has 1 unspecified atom stereocenters. The van der Waals surface area contributed by atoms with Crippen molar-refractivity contribution in [2.24, 2.45) is 0 Å². The first-order valence-electron chi connectivity index (χ1n) is 9.00. The van der Waals surface area contributed by atoms with Crippen LogP contribution in [0, 0.1) is 6.92 Å². The fourth-order valence-corrected chi connectivity index (χ4v) is 5.78. The van der Waals surface area contributed by atoms with Crippen LogP contribution in [0.5, 0.6) is 5.75 Å². The molecule has 0 spiro atoms. The van der Waals surface area contributed by atoms with Crippen LogP contribution in [-0.2, 0) is 10.0 Å². The minimum Gasteiger partial charge on any atom is -0.495 e. The van der Waals surface area contributed by atoms with Crippen LogP contribution in [0.3, 0.4) is 0 Å². The van der Waals surface area contributed by atoms with Gasteiger partial charge in [-0.2, -0.15) is 15.6 Å². The third-order valence-electron chi connectivity index (χ3n) is 4.88. The highest BCUT2D eigenvalue weighted by Crippen LogP contribution is 2.34. The largest absolute Gasteiger partial charge is 0.495 e. The molecule has 1 atom stereocenters. The molecular formula is C19H21N3O4S2. The summed E-state index contributed by atoms with van der Waals surface area (Å²) >= 11 is 1.56. The average molecular weight is 420 g/mol. The molecule has 0 bridgehead atoms. The maximum absolute atomic E-state index is 13.3. The molecule has 3 heterocycles. The maximum atomic E-state index is 13.3. The molecule has 4 rings (SSSR count). The Hall–Kier alpha value is -2.23. The van der Waals surface area contributed by atoms with Gasteiger partial charge in [0, 0.05) is 24.0 Å². The minimum absolute atomic E-state index is 0.126. The van der Waals surface area contributed by atoms with E-state index in [4.69, 9.17) is 9.15 Å². The molecule has 9 heteroatoms. The van der Waals surface area contributed by atoms with Gasteiger partial charge in [0.15, 0.2) is 0 Å². The van der Waals surface area contributed by atoms with E-state index in [1.165, 1.54) is 11.4 Å². The lowest BCUT2D eigenvalue weighted by Crippen LogP contribution is -2.39. The third-order valence-corrected chi connectivity index (χ3v) is 7.45. The van der Waals surface area contributed by atoms with E-state index in [1.807, 2.05) is 29.8 Å². The molecule has 7 nitrogen and oxygen atoms in total. The Labute approximate surface area is 168 Å². The van der Waals surface area contributed by atoms with Crippen LogP contribution in [0.4, 0.5) is 0 Å². The maximum Gasteiger partial charge on any atom is 0.248 e. The third kappa shape index (κ3) is 3.57. The molecule has 1 aliphatic rings. The van der Waals surface area contributed by atoms with E-state index in [2.05, 4.69) is 10.2 Å². The van der Waals surface area contributed by atoms with E-state index >= 15 is 0 Å². The number of piperidine rings is 1. The molecule has 0 radical (unpaired) electrons. The number of thiophene rings is 1. The van der Waals surface area contributed by atoms with Crippen LogP contribution in [0.1, 0.15) is 30.2 Å². The number of aryl methyl sites for hydroxylation is 1. The molecule has 3 aromatic rings. The monoisotopic (exact) mass is 419 g/mol. The summed E-state index contributed by atoms with van der Waals surface area (Å²) in [6, 6.07) is 7.10. The summed E-state index contributed by atoms with van der Waals surface area (Å²) < 4.78 is 39.2. The van der Waals surface area contributed by atoms with Gasteiger partial charge in [-0.3, -0.25) is 0 Å². The van der Waals surface area contributed by atoms with Gasteiger partial charge in [0.1, 0.15) is 10.6 Å². The lowest BCUT2D eigenvalue weighted by molar-refractivity contribution is 0.285. The quantitative estimate of drug-likeness (QED) is 0.627. The van der Waals surface area contributed by atoms with Crippen molar-refractivity contribution in [1.29, 1.82) is 0 Å². The summed E-state index contributed by atoms with van der Waals surface area (Å²) in [6.07, 6.45) is 1.54. The minimum atomic E-state index is -3.68. The van der Waals surface area contributed by atoms with Crippen LogP contribution in [0.25, 0.3) is 11.5 Å². The summed E-state index contributed by atoms with van der Waals surface area (Å²) in [6.45, 7) is 2.63. The number of methoxy groups -OCH3 is 1. The number of hydrogen-bond acceptors (Lipinski definition) is 7. The summed E-state index contributed by atoms with van der Waals surface area (Å²) in [7, 11) is -2.21. The summed E-state index contributed by atoms with van der Waals surface area (Å²) in [4.78, 5) is 0.195. The van der Waals surface area contributed by atoms with Crippen molar-refractivity contribution in [2.45, 2.75) is 30.6 Å². The molecule has 1 saturated heterocycles. The Morgan fingerprint density at radius 2 is 2.14 bits per heavy atom. The summed E-state index contributed by atoms with van der Waals surface area (Å²) in [5, 5.41) is 12.2. The normalized spacial score (nSPS) is 18.3. The fraction of sp³-hybridized carbons (Fsp3) is 0.368. The van der Waals surface area contributed by atoms with Gasteiger partial charge in [-0.15, -0.1) is 10.2 Å². The lowest BCUT2D eigenvalue weighted by atomic mass is 10.00. The van der Waals surface area contributed by atoms with E-state index < -0.39 is 10.0 Å². The topological polar surface area (TPSA) is 85.5 Å². The van der Waals surface area contributed by atoms with Gasteiger partial charge in [0.2, 0.25) is 21.8 Å². The molecule has 2 aromatic heterocycles. The second-order valence-electron chi connectivity index (χ2n) is 6.81. The van der Waals surface area contributed by atoms with Crippen molar-refractivity contribution in [3.05, 3.63) is 46.5 Å². The smallest absolute Gasteiger partial charge is 0.248 e. The molecular weight excluding hydrogens is 398 g/mol. The summed E-state index contributed by atoms with van der Waals surface area (Å²) in [5.74, 6) is 1.18. The first-order chi connectivity index (χ1) is 13.5. The van der Waals surface area contributed by atoms with Crippen LogP contribution in [0.15, 0.2) is 44.3 Å². The molecule has 0 aliphatic carbocycles. The van der Waals surface area contributed by atoms with Gasteiger partial charge < -0.3 is 9.15 Å². The molecule has 1 fully saturated rings. The molecule has 148 valence electrons. The van der Waals surface area contributed by atoms with E-state index in [-0.39, 0.29) is 10.8 Å². The fourth-order valence-electron chi connectivity index (χ4n) is 3.39. The van der Waals surface area contributed by atoms with E-state index in [0.29, 0.717) is 30.6 Å². The van der Waals surface area contributed by atoms with Crippen LogP contribution in [0.2, 0.25) is 0 Å². The van der Waals surface area contributed by atoms with Crippen molar-refractivity contribution in [3.8, 4) is 17.2 Å². The zero-order valence-electron chi connectivity index (χ0n) is 15.7. The highest BCUT2D eigenvalue weighted by atomic mass is 32.2. The Bertz CT molecular complexity index is 1060. The molecule has 0 saturated carbocycles. The Morgan fingerprint density at radius 1 is 1.29 bits per heavy atom. The number of rotatable bonds is 5. The van der Waals surface area contributed by atoms with Gasteiger partial charge in [-0.05, 0) is 48.9 Å². The number of aromatic nitrogens is 2. The number of nitrogens with zero attached hydrogens (tertiary/aromatic N) is 3. The molecule has 1 aliphatic heterocycles. The first-order valence-corrected chi connectivity index (χ1v) is 11.4. The van der Waals surface area contributed by atoms with Gasteiger partial charge >= 0.3 is 0 Å². The van der Waals surface area contributed by atoms with Crippen molar-refractivity contribution < 1.29 is 17.6 Å². The van der Waals surface area contributed by atoms with Gasteiger partial charge in [0.05, 0.1) is 13.0 Å². The van der Waals surface area contributed by atoms with Crippen molar-refractivity contribution in [3.63, 3.8) is 0 Å². The van der Waals surface area contributed by atoms with Gasteiger partial charge in [0.25, 0.3) is 0 Å². The van der Waals surface area contributed by atoms with Gasteiger partial charge in [-0.1, -0.05) is 6.07 Å². The zero-order chi connectivity index (χ0) is 19.7. The zero-order valence-corrected chi connectivity index (χ0v) is 17.3. The van der Waals surface area contributed by atoms with E-state index in [0.717, 1.165) is 24.0 Å². The second-order valence-corrected chi connectivity index (χ2v) is 9.50. The van der Waals surface area contributed by atoms with Crippen LogP contribution < -0.4 is 4.74 Å². The molecule has 0 amide bonds. The molecule has 1 aromatic carbocycles. The number of hydrogen-bond donors (Lipinski definition) is 0. The van der Waals surface area contributed by atoms with Crippen molar-refractivity contribution in [1.82, 2.24) is 14.5 Å². The highest BCUT2D eigenvalue weighted by molar-refractivity contribution is 7.89. The predicted octanol–water partition coefficient (Wildman–Crippen LogP) is 3.68. The number of sulfonamides is 1. The predicted molar refractivity (Wildman–Crippen MR) is 106 cm³/mol. The molecule has 0 N–H and O–H groups in total. The Kier molecular flexibility index (Phi) is 5.22. The van der Waals surface area contributed by atoms with Crippen LogP contribution >= 0.6 is 11.3 Å². The van der Waals surface area contributed by atoms with E-state index in [9.17, 15) is 8.42 Å². The van der Waals surface area contributed by atoms with Crippen molar-refractivity contribution >= 4 is 21.4 Å². The lowest BCUT2D eigenvalue weighted by Gasteiger charge is -2.30. The average Bonchev–Trinajstić information content (AvgIpc) is 3.40. The number of benzene rings is 1. The standard InChI is InChI=1S/C19H21N3O4S2/c1-13-5-6-16(25-2)17(10-13)28(23,24)22-8-3-4-14(11-22)18-20-21-19(26-18)15-7-9-27-12-15/h5-7,9-10,12,14H,3-4,8,11H2,1-2H3. The van der Waals surface area contributed by atoms with E-state index in [1.54, 1.807) is 23.5 Å². The Morgan fingerprint density at radius 3 is 2.89 bits per heavy atom. The molecule has 28 heavy (non-hydrogen) atoms. The summed E-state index contributed by atoms with van der Waals surface area (Å²) in [5.41, 5.74) is 1.75. The first kappa shape index (κ1) is 19.1. The highest BCUT2D eigenvalue weighted by Gasteiger charge is 2.35. The number of ether oxygens (including phenoxy) is 1. The van der Waals surface area contributed by atoms with Crippen molar-refractivity contribution in [2.75, 3.05) is 20.2 Å².